The molecule has 216 valence electrons. The summed E-state index contributed by atoms with van der Waals surface area (Å²) in [6, 6.07) is 14.7. The van der Waals surface area contributed by atoms with Crippen molar-refractivity contribution in [1.29, 1.82) is 0 Å². The van der Waals surface area contributed by atoms with Crippen molar-refractivity contribution in [3.05, 3.63) is 84.7 Å². The highest BCUT2D eigenvalue weighted by molar-refractivity contribution is 5.95. The quantitative estimate of drug-likeness (QED) is 0.256. The number of benzene rings is 2. The molecule has 5 aromatic rings. The van der Waals surface area contributed by atoms with Gasteiger partial charge in [-0.05, 0) is 62.2 Å². The van der Waals surface area contributed by atoms with Crippen LogP contribution in [0.15, 0.2) is 73.3 Å². The smallest absolute Gasteiger partial charge is 0.410 e. The predicted molar refractivity (Wildman–Crippen MR) is 163 cm³/mol. The largest absolute Gasteiger partial charge is 0.444 e. The highest BCUT2D eigenvalue weighted by Crippen LogP contribution is 2.34. The van der Waals surface area contributed by atoms with Crippen molar-refractivity contribution >= 4 is 28.5 Å². The van der Waals surface area contributed by atoms with E-state index in [4.69, 9.17) is 10.5 Å². The number of nitrogens with one attached hydrogen (secondary N) is 1. The topological polar surface area (TPSA) is 105 Å². The summed E-state index contributed by atoms with van der Waals surface area (Å²) < 4.78 is 20.9. The molecule has 0 aliphatic carbocycles. The molecule has 3 aromatic heterocycles. The fraction of sp³-hybridized carbons (Fsp3) is 0.281. The summed E-state index contributed by atoms with van der Waals surface area (Å²) in [7, 11) is 0. The van der Waals surface area contributed by atoms with E-state index in [1.54, 1.807) is 15.6 Å². The van der Waals surface area contributed by atoms with Gasteiger partial charge in [-0.25, -0.2) is 14.2 Å². The van der Waals surface area contributed by atoms with Gasteiger partial charge in [0.05, 0.1) is 24.1 Å². The molecule has 0 unspecified atom stereocenters. The maximum atomic E-state index is 13.6. The minimum absolute atomic E-state index is 0.260. The number of fused-ring (bicyclic) bond motifs is 1. The molecule has 42 heavy (non-hydrogen) atoms. The van der Waals surface area contributed by atoms with E-state index >= 15 is 0 Å². The van der Waals surface area contributed by atoms with Crippen LogP contribution in [0.4, 0.5) is 20.6 Å². The summed E-state index contributed by atoms with van der Waals surface area (Å²) in [5.41, 5.74) is 13.1. The minimum atomic E-state index is -0.514. The number of anilines is 2. The SMILES string of the molecule is CC(C)(C)OC(=O)N1CCN(c2ccc(-c3cnc4[nH]cc(-c5cnn(Cc6cccc(F)c6)c5)c4c3)cc2N)CC1. The van der Waals surface area contributed by atoms with Gasteiger partial charge in [0.1, 0.15) is 17.1 Å². The Morgan fingerprint density at radius 1 is 1.02 bits per heavy atom. The first-order chi connectivity index (χ1) is 20.1. The molecule has 0 spiro atoms. The third kappa shape index (κ3) is 5.79. The lowest BCUT2D eigenvalue weighted by Crippen LogP contribution is -2.50. The van der Waals surface area contributed by atoms with Crippen LogP contribution >= 0.6 is 0 Å². The Morgan fingerprint density at radius 2 is 1.83 bits per heavy atom. The second-order valence-electron chi connectivity index (χ2n) is 11.6. The molecule has 10 heteroatoms. The number of piperazine rings is 1. The highest BCUT2D eigenvalue weighted by Gasteiger charge is 2.26. The lowest BCUT2D eigenvalue weighted by atomic mass is 10.0. The highest BCUT2D eigenvalue weighted by atomic mass is 19.1. The molecule has 1 saturated heterocycles. The summed E-state index contributed by atoms with van der Waals surface area (Å²) in [6.45, 7) is 8.60. The number of hydrogen-bond donors (Lipinski definition) is 2. The van der Waals surface area contributed by atoms with E-state index in [1.165, 1.54) is 12.1 Å². The minimum Gasteiger partial charge on any atom is -0.444 e. The van der Waals surface area contributed by atoms with Crippen LogP contribution in [-0.4, -0.2) is 62.5 Å². The number of pyridine rings is 1. The van der Waals surface area contributed by atoms with Crippen LogP contribution in [0.1, 0.15) is 26.3 Å². The van der Waals surface area contributed by atoms with Gasteiger partial charge in [0.2, 0.25) is 0 Å². The maximum absolute atomic E-state index is 13.6. The van der Waals surface area contributed by atoms with Gasteiger partial charge >= 0.3 is 6.09 Å². The molecule has 0 radical (unpaired) electrons. The van der Waals surface area contributed by atoms with Crippen LogP contribution in [0.25, 0.3) is 33.3 Å². The number of ether oxygens (including phenoxy) is 1. The second kappa shape index (κ2) is 10.8. The van der Waals surface area contributed by atoms with E-state index in [0.29, 0.717) is 38.4 Å². The molecule has 0 saturated carbocycles. The molecule has 1 aliphatic rings. The number of nitrogens with zero attached hydrogens (tertiary/aromatic N) is 5. The van der Waals surface area contributed by atoms with E-state index in [0.717, 1.165) is 44.5 Å². The summed E-state index contributed by atoms with van der Waals surface area (Å²) in [5, 5.41) is 5.46. The number of carbonyl (C=O) groups is 1. The predicted octanol–water partition coefficient (Wildman–Crippen LogP) is 5.92. The van der Waals surface area contributed by atoms with Gasteiger partial charge < -0.3 is 25.3 Å². The van der Waals surface area contributed by atoms with Gasteiger partial charge in [-0.15, -0.1) is 0 Å². The average Bonchev–Trinajstić information content (AvgIpc) is 3.58. The van der Waals surface area contributed by atoms with Gasteiger partial charge in [0, 0.05) is 66.8 Å². The molecule has 0 atom stereocenters. The number of H-pyrrole nitrogens is 1. The summed E-state index contributed by atoms with van der Waals surface area (Å²) in [6.07, 6.45) is 7.25. The van der Waals surface area contributed by atoms with E-state index < -0.39 is 5.60 Å². The van der Waals surface area contributed by atoms with E-state index in [1.807, 2.05) is 63.8 Å². The van der Waals surface area contributed by atoms with Crippen LogP contribution in [0.3, 0.4) is 0 Å². The molecule has 1 amide bonds. The number of nitrogen functional groups attached to an aromatic ring is 1. The fourth-order valence-electron chi connectivity index (χ4n) is 5.29. The molecule has 6 rings (SSSR count). The first kappa shape index (κ1) is 27.3. The first-order valence-electron chi connectivity index (χ1n) is 14.0. The van der Waals surface area contributed by atoms with Crippen LogP contribution in [0.5, 0.6) is 0 Å². The van der Waals surface area contributed by atoms with Crippen LogP contribution in [-0.2, 0) is 11.3 Å². The standard InChI is InChI=1S/C32H34FN7O2/c1-32(2,3)42-31(41)39-11-9-38(10-12-39)29-8-7-22(15-28(29)34)23-14-26-27(18-36-30(26)35-16-23)24-17-37-40(20-24)19-21-5-4-6-25(33)13-21/h4-8,13-18,20H,9-12,19,34H2,1-3H3,(H,35,36). The molecule has 1 fully saturated rings. The van der Waals surface area contributed by atoms with Gasteiger partial charge in [-0.3, -0.25) is 4.68 Å². The Labute approximate surface area is 243 Å². The summed E-state index contributed by atoms with van der Waals surface area (Å²) in [5.74, 6) is -0.260. The summed E-state index contributed by atoms with van der Waals surface area (Å²) >= 11 is 0. The molecule has 2 aromatic carbocycles. The third-order valence-corrected chi connectivity index (χ3v) is 7.34. The maximum Gasteiger partial charge on any atom is 0.410 e. The van der Waals surface area contributed by atoms with Crippen LogP contribution in [0, 0.1) is 5.82 Å². The fourth-order valence-corrected chi connectivity index (χ4v) is 5.29. The monoisotopic (exact) mass is 567 g/mol. The molecular formula is C32H34FN7O2. The van der Waals surface area contributed by atoms with Crippen molar-refractivity contribution in [1.82, 2.24) is 24.6 Å². The number of hydrogen-bond acceptors (Lipinski definition) is 6. The number of halogens is 1. The molecule has 4 heterocycles. The van der Waals surface area contributed by atoms with E-state index in [9.17, 15) is 9.18 Å². The normalized spacial score (nSPS) is 14.0. The third-order valence-electron chi connectivity index (χ3n) is 7.34. The van der Waals surface area contributed by atoms with Gasteiger partial charge in [0.15, 0.2) is 0 Å². The van der Waals surface area contributed by atoms with Crippen molar-refractivity contribution in [3.8, 4) is 22.3 Å². The second-order valence-corrected chi connectivity index (χ2v) is 11.6. The Hall–Kier alpha value is -4.86. The van der Waals surface area contributed by atoms with Crippen LogP contribution < -0.4 is 10.6 Å². The van der Waals surface area contributed by atoms with Crippen molar-refractivity contribution in [2.24, 2.45) is 0 Å². The molecule has 1 aliphatic heterocycles. The number of amides is 1. The number of rotatable bonds is 5. The molecule has 3 N–H and O–H groups in total. The first-order valence-corrected chi connectivity index (χ1v) is 14.0. The van der Waals surface area contributed by atoms with Crippen molar-refractivity contribution in [3.63, 3.8) is 0 Å². The van der Waals surface area contributed by atoms with E-state index in [-0.39, 0.29) is 11.9 Å². The van der Waals surface area contributed by atoms with Crippen molar-refractivity contribution in [2.45, 2.75) is 32.9 Å². The average molecular weight is 568 g/mol. The molecular weight excluding hydrogens is 533 g/mol. The zero-order valence-electron chi connectivity index (χ0n) is 24.0. The Bertz CT molecular complexity index is 1750. The van der Waals surface area contributed by atoms with Gasteiger partial charge in [-0.2, -0.15) is 5.10 Å². The number of aromatic nitrogens is 4. The van der Waals surface area contributed by atoms with E-state index in [2.05, 4.69) is 32.1 Å². The van der Waals surface area contributed by atoms with Crippen LogP contribution in [0.2, 0.25) is 0 Å². The Kier molecular flexibility index (Phi) is 7.06. The Morgan fingerprint density at radius 3 is 2.57 bits per heavy atom. The zero-order chi connectivity index (χ0) is 29.4. The zero-order valence-corrected chi connectivity index (χ0v) is 24.0. The number of carbonyl (C=O) groups excluding carboxylic acids is 1. The number of nitrogens with two attached hydrogens (primary N) is 1. The Balaban J connectivity index is 1.18. The molecule has 0 bridgehead atoms. The summed E-state index contributed by atoms with van der Waals surface area (Å²) in [4.78, 5) is 24.3. The number of aromatic amines is 1. The lowest BCUT2D eigenvalue weighted by molar-refractivity contribution is 0.0240. The van der Waals surface area contributed by atoms with Crippen molar-refractivity contribution < 1.29 is 13.9 Å². The van der Waals surface area contributed by atoms with Gasteiger partial charge in [0.25, 0.3) is 0 Å². The van der Waals surface area contributed by atoms with Crippen molar-refractivity contribution in [2.75, 3.05) is 36.8 Å². The van der Waals surface area contributed by atoms with Gasteiger partial charge in [-0.1, -0.05) is 18.2 Å². The lowest BCUT2D eigenvalue weighted by Gasteiger charge is -2.37. The molecule has 9 nitrogen and oxygen atoms in total.